The van der Waals surface area contributed by atoms with Crippen LogP contribution in [-0.2, 0) is 14.8 Å². The number of hydrogen-bond acceptors (Lipinski definition) is 6. The second kappa shape index (κ2) is 7.97. The van der Waals surface area contributed by atoms with Crippen LogP contribution in [-0.4, -0.2) is 47.4 Å². The number of methoxy groups -OCH3 is 1. The number of nitrogens with zero attached hydrogens (tertiary/aromatic N) is 1. The Morgan fingerprint density at radius 2 is 1.86 bits per heavy atom. The first-order valence-electron chi connectivity index (χ1n) is 8.60. The maximum atomic E-state index is 12.6. The SMILES string of the molecule is COc1ccc(C)cc1N(CC(=O)Nc1ccc2c(c1)OCCO2)S(C)(=O)=O. The van der Waals surface area contributed by atoms with E-state index in [1.54, 1.807) is 36.4 Å². The van der Waals surface area contributed by atoms with Crippen LogP contribution in [0.3, 0.4) is 0 Å². The highest BCUT2D eigenvalue weighted by molar-refractivity contribution is 7.92. The summed E-state index contributed by atoms with van der Waals surface area (Å²) in [4.78, 5) is 12.6. The van der Waals surface area contributed by atoms with E-state index in [2.05, 4.69) is 5.32 Å². The second-order valence-corrected chi connectivity index (χ2v) is 8.26. The number of amides is 1. The Bertz CT molecular complexity index is 990. The molecule has 0 atom stereocenters. The summed E-state index contributed by atoms with van der Waals surface area (Å²) >= 11 is 0. The molecule has 0 unspecified atom stereocenters. The van der Waals surface area contributed by atoms with Crippen LogP contribution in [0.5, 0.6) is 17.2 Å². The summed E-state index contributed by atoms with van der Waals surface area (Å²) in [5.74, 6) is 1.00. The van der Waals surface area contributed by atoms with Crippen molar-refractivity contribution in [2.45, 2.75) is 6.92 Å². The Labute approximate surface area is 164 Å². The molecule has 9 heteroatoms. The van der Waals surface area contributed by atoms with Crippen molar-refractivity contribution in [1.82, 2.24) is 0 Å². The Kier molecular flexibility index (Phi) is 5.64. The van der Waals surface area contributed by atoms with Crippen LogP contribution in [0, 0.1) is 6.92 Å². The molecule has 0 radical (unpaired) electrons. The molecule has 0 fully saturated rings. The van der Waals surface area contributed by atoms with E-state index in [-0.39, 0.29) is 0 Å². The Morgan fingerprint density at radius 1 is 1.14 bits per heavy atom. The smallest absolute Gasteiger partial charge is 0.245 e. The summed E-state index contributed by atoms with van der Waals surface area (Å²) in [5.41, 5.74) is 1.64. The molecule has 0 aliphatic carbocycles. The molecule has 2 aromatic rings. The van der Waals surface area contributed by atoms with Crippen LogP contribution in [0.25, 0.3) is 0 Å². The lowest BCUT2D eigenvalue weighted by Gasteiger charge is -2.24. The Balaban J connectivity index is 1.82. The molecule has 2 aromatic carbocycles. The van der Waals surface area contributed by atoms with Gasteiger partial charge in [0, 0.05) is 11.8 Å². The molecule has 0 aromatic heterocycles. The highest BCUT2D eigenvalue weighted by atomic mass is 32.2. The molecule has 1 N–H and O–H groups in total. The minimum absolute atomic E-state index is 0.308. The highest BCUT2D eigenvalue weighted by Gasteiger charge is 2.24. The summed E-state index contributed by atoms with van der Waals surface area (Å²) in [5, 5.41) is 2.70. The van der Waals surface area contributed by atoms with E-state index in [1.165, 1.54) is 7.11 Å². The number of ether oxygens (including phenoxy) is 3. The first kappa shape index (κ1) is 19.8. The van der Waals surface area contributed by atoms with Gasteiger partial charge in [-0.1, -0.05) is 6.07 Å². The molecule has 0 spiro atoms. The van der Waals surface area contributed by atoms with Gasteiger partial charge in [-0.05, 0) is 36.8 Å². The summed E-state index contributed by atoms with van der Waals surface area (Å²) < 4.78 is 41.9. The van der Waals surface area contributed by atoms with E-state index in [9.17, 15) is 13.2 Å². The normalized spacial score (nSPS) is 13.0. The lowest BCUT2D eigenvalue weighted by molar-refractivity contribution is -0.114. The number of nitrogens with one attached hydrogen (secondary N) is 1. The van der Waals surface area contributed by atoms with Crippen molar-refractivity contribution >= 4 is 27.3 Å². The van der Waals surface area contributed by atoms with Crippen molar-refractivity contribution in [2.75, 3.05) is 42.7 Å². The minimum Gasteiger partial charge on any atom is -0.495 e. The van der Waals surface area contributed by atoms with Crippen LogP contribution in [0.1, 0.15) is 5.56 Å². The van der Waals surface area contributed by atoms with E-state index in [1.807, 2.05) is 6.92 Å². The number of sulfonamides is 1. The second-order valence-electron chi connectivity index (χ2n) is 6.35. The summed E-state index contributed by atoms with van der Waals surface area (Å²) in [6.45, 7) is 2.34. The first-order valence-corrected chi connectivity index (χ1v) is 10.4. The molecule has 28 heavy (non-hydrogen) atoms. The lowest BCUT2D eigenvalue weighted by atomic mass is 10.2. The molecule has 150 valence electrons. The fourth-order valence-corrected chi connectivity index (χ4v) is 3.68. The molecule has 1 amide bonds. The zero-order valence-corrected chi connectivity index (χ0v) is 16.7. The van der Waals surface area contributed by atoms with Crippen LogP contribution in [0.15, 0.2) is 36.4 Å². The molecule has 0 saturated carbocycles. The number of fused-ring (bicyclic) bond motifs is 1. The average molecular weight is 406 g/mol. The zero-order chi connectivity index (χ0) is 20.3. The van der Waals surface area contributed by atoms with Crippen molar-refractivity contribution < 1.29 is 27.4 Å². The number of benzene rings is 2. The summed E-state index contributed by atoms with van der Waals surface area (Å²) in [7, 11) is -2.27. The van der Waals surface area contributed by atoms with Gasteiger partial charge in [0.1, 0.15) is 25.5 Å². The fraction of sp³-hybridized carbons (Fsp3) is 0.316. The van der Waals surface area contributed by atoms with Gasteiger partial charge in [-0.2, -0.15) is 0 Å². The van der Waals surface area contributed by atoms with Gasteiger partial charge in [0.25, 0.3) is 0 Å². The van der Waals surface area contributed by atoms with Crippen molar-refractivity contribution in [3.05, 3.63) is 42.0 Å². The first-order chi connectivity index (χ1) is 13.3. The third-order valence-corrected chi connectivity index (χ3v) is 5.24. The largest absolute Gasteiger partial charge is 0.495 e. The summed E-state index contributed by atoms with van der Waals surface area (Å²) in [6.07, 6.45) is 1.05. The van der Waals surface area contributed by atoms with Crippen LogP contribution in [0.2, 0.25) is 0 Å². The number of anilines is 2. The van der Waals surface area contributed by atoms with Crippen molar-refractivity contribution in [1.29, 1.82) is 0 Å². The van der Waals surface area contributed by atoms with Gasteiger partial charge in [-0.3, -0.25) is 9.10 Å². The van der Waals surface area contributed by atoms with E-state index >= 15 is 0 Å². The number of hydrogen-bond donors (Lipinski definition) is 1. The molecule has 1 heterocycles. The molecule has 8 nitrogen and oxygen atoms in total. The third kappa shape index (κ3) is 4.48. The Morgan fingerprint density at radius 3 is 2.54 bits per heavy atom. The van der Waals surface area contributed by atoms with E-state index in [4.69, 9.17) is 14.2 Å². The quantitative estimate of drug-likeness (QED) is 0.790. The Hall–Kier alpha value is -2.94. The van der Waals surface area contributed by atoms with Gasteiger partial charge in [0.05, 0.1) is 19.1 Å². The van der Waals surface area contributed by atoms with Crippen LogP contribution in [0.4, 0.5) is 11.4 Å². The number of aryl methyl sites for hydroxylation is 1. The summed E-state index contributed by atoms with van der Waals surface area (Å²) in [6, 6.07) is 10.1. The number of carbonyl (C=O) groups is 1. The minimum atomic E-state index is -3.72. The molecule has 1 aliphatic heterocycles. The van der Waals surface area contributed by atoms with Crippen LogP contribution >= 0.6 is 0 Å². The maximum Gasteiger partial charge on any atom is 0.245 e. The molecular formula is C19H22N2O6S. The van der Waals surface area contributed by atoms with E-state index in [0.29, 0.717) is 41.8 Å². The lowest BCUT2D eigenvalue weighted by Crippen LogP contribution is -2.37. The highest BCUT2D eigenvalue weighted by Crippen LogP contribution is 2.33. The van der Waals surface area contributed by atoms with Gasteiger partial charge in [-0.25, -0.2) is 8.42 Å². The number of carbonyl (C=O) groups excluding carboxylic acids is 1. The predicted octanol–water partition coefficient (Wildman–Crippen LogP) is 2.18. The van der Waals surface area contributed by atoms with Gasteiger partial charge in [-0.15, -0.1) is 0 Å². The van der Waals surface area contributed by atoms with Crippen LogP contribution < -0.4 is 23.8 Å². The maximum absolute atomic E-state index is 12.6. The average Bonchev–Trinajstić information content (AvgIpc) is 2.65. The third-order valence-electron chi connectivity index (χ3n) is 4.12. The van der Waals surface area contributed by atoms with Gasteiger partial charge >= 0.3 is 0 Å². The van der Waals surface area contributed by atoms with Crippen molar-refractivity contribution in [3.63, 3.8) is 0 Å². The molecular weight excluding hydrogens is 384 g/mol. The molecule has 0 bridgehead atoms. The van der Waals surface area contributed by atoms with Crippen molar-refractivity contribution in [3.8, 4) is 17.2 Å². The van der Waals surface area contributed by atoms with E-state index in [0.717, 1.165) is 16.1 Å². The standard InChI is InChI=1S/C19H22N2O6S/c1-13-4-6-16(25-2)15(10-13)21(28(3,23)24)12-19(22)20-14-5-7-17-18(11-14)27-9-8-26-17/h4-7,10-11H,8-9,12H2,1-3H3,(H,20,22). The predicted molar refractivity (Wildman–Crippen MR) is 106 cm³/mol. The van der Waals surface area contributed by atoms with Gasteiger partial charge in [0.2, 0.25) is 15.9 Å². The van der Waals surface area contributed by atoms with Crippen molar-refractivity contribution in [2.24, 2.45) is 0 Å². The van der Waals surface area contributed by atoms with E-state index < -0.39 is 22.5 Å². The number of rotatable bonds is 6. The fourth-order valence-electron chi connectivity index (χ4n) is 2.83. The van der Waals surface area contributed by atoms with Gasteiger partial charge < -0.3 is 19.5 Å². The molecule has 0 saturated heterocycles. The molecule has 3 rings (SSSR count). The topological polar surface area (TPSA) is 94.2 Å². The van der Waals surface area contributed by atoms with Gasteiger partial charge in [0.15, 0.2) is 11.5 Å². The monoisotopic (exact) mass is 406 g/mol. The zero-order valence-electron chi connectivity index (χ0n) is 15.9. The molecule has 1 aliphatic rings.